The number of para-hydroxylation sites is 1. The van der Waals surface area contributed by atoms with Crippen LogP contribution in [-0.4, -0.2) is 130 Å². The number of carbonyl (C=O) groups is 4. The molecule has 0 aromatic heterocycles. The van der Waals surface area contributed by atoms with E-state index in [9.17, 15) is 29.4 Å². The van der Waals surface area contributed by atoms with Crippen molar-refractivity contribution in [1.82, 2.24) is 25.9 Å². The molecule has 4 fully saturated rings. The third-order valence-corrected chi connectivity index (χ3v) is 12.1. The highest BCUT2D eigenvalue weighted by Crippen LogP contribution is 2.61. The maximum Gasteiger partial charge on any atom is 0.252 e. The maximum absolute atomic E-state index is 14.2. The Bertz CT molecular complexity index is 1730. The number of ether oxygens (including phenoxy) is 1. The second-order valence-electron chi connectivity index (χ2n) is 16.5. The summed E-state index contributed by atoms with van der Waals surface area (Å²) in [7, 11) is 8.87. The SMILES string of the molecule is COc1c(CN2O[C@@H](CO)[C@@H](C(C)=O)[C@H]2C(=O)N[C@H]2C[C@H]3C[C@@H]([C@@H]2C)C3(C)C)cccc1-c1cc(C(=O)N[C@H](CN(C)C)C(=O)NCCO)cc(N(C)C)c1. The van der Waals surface area contributed by atoms with Crippen LogP contribution in [0.2, 0.25) is 0 Å². The molecule has 14 nitrogen and oxygen atoms in total. The first kappa shape index (κ1) is 42.1. The van der Waals surface area contributed by atoms with Gasteiger partial charge in [0.05, 0.1) is 32.8 Å². The summed E-state index contributed by atoms with van der Waals surface area (Å²) in [5.41, 5.74) is 3.31. The molecule has 1 heterocycles. The van der Waals surface area contributed by atoms with Gasteiger partial charge in [0.25, 0.3) is 5.91 Å². The Morgan fingerprint density at radius 2 is 1.80 bits per heavy atom. The van der Waals surface area contributed by atoms with Crippen LogP contribution in [0.25, 0.3) is 11.1 Å². The summed E-state index contributed by atoms with van der Waals surface area (Å²) in [6.45, 7) is 7.98. The van der Waals surface area contributed by atoms with E-state index >= 15 is 0 Å². The number of hydrogen-bond acceptors (Lipinski definition) is 11. The third-order valence-electron chi connectivity index (χ3n) is 12.1. The molecule has 0 spiro atoms. The van der Waals surface area contributed by atoms with Gasteiger partial charge in [0.1, 0.15) is 29.7 Å². The summed E-state index contributed by atoms with van der Waals surface area (Å²) in [6.07, 6.45) is 1.16. The van der Waals surface area contributed by atoms with Gasteiger partial charge in [-0.25, -0.2) is 0 Å². The first-order valence-corrected chi connectivity index (χ1v) is 19.2. The smallest absolute Gasteiger partial charge is 0.252 e. The van der Waals surface area contributed by atoms with Gasteiger partial charge in [-0.15, -0.1) is 0 Å². The molecule has 302 valence electrons. The number of nitrogens with zero attached hydrogens (tertiary/aromatic N) is 3. The van der Waals surface area contributed by atoms with Crippen LogP contribution in [0.5, 0.6) is 5.75 Å². The molecule has 0 unspecified atom stereocenters. The number of benzene rings is 2. The predicted molar refractivity (Wildman–Crippen MR) is 209 cm³/mol. The normalized spacial score (nSPS) is 26.1. The Balaban J connectivity index is 1.45. The molecule has 0 radical (unpaired) electrons. The number of ketones is 1. The summed E-state index contributed by atoms with van der Waals surface area (Å²) in [6, 6.07) is 9.11. The van der Waals surface area contributed by atoms with E-state index < -0.39 is 42.5 Å². The van der Waals surface area contributed by atoms with Crippen LogP contribution >= 0.6 is 0 Å². The first-order chi connectivity index (χ1) is 26.0. The van der Waals surface area contributed by atoms with Crippen molar-refractivity contribution < 1.29 is 39.0 Å². The van der Waals surface area contributed by atoms with Gasteiger partial charge in [-0.1, -0.05) is 39.0 Å². The molecular weight excluding hydrogens is 704 g/mol. The van der Waals surface area contributed by atoms with Crippen molar-refractivity contribution >= 4 is 29.2 Å². The van der Waals surface area contributed by atoms with Crippen LogP contribution in [0, 0.1) is 29.1 Å². The van der Waals surface area contributed by atoms with Gasteiger partial charge >= 0.3 is 0 Å². The lowest BCUT2D eigenvalue weighted by Crippen LogP contribution is -2.62. The van der Waals surface area contributed by atoms with E-state index in [-0.39, 0.29) is 55.3 Å². The Labute approximate surface area is 324 Å². The number of Topliss-reactive ketones (excluding diaryl/α,β-unsaturated/α-hetero) is 1. The minimum Gasteiger partial charge on any atom is -0.496 e. The van der Waals surface area contributed by atoms with Crippen molar-refractivity contribution in [2.45, 2.75) is 71.3 Å². The molecule has 3 saturated carbocycles. The minimum absolute atomic E-state index is 0.0202. The molecule has 8 atom stereocenters. The zero-order valence-corrected chi connectivity index (χ0v) is 33.7. The topological polar surface area (TPSA) is 173 Å². The predicted octanol–water partition coefficient (Wildman–Crippen LogP) is 2.07. The molecule has 2 aromatic rings. The fraction of sp³-hybridized carbons (Fsp3) is 0.610. The molecule has 1 saturated heterocycles. The average Bonchev–Trinajstić information content (AvgIpc) is 3.52. The van der Waals surface area contributed by atoms with E-state index in [1.54, 1.807) is 38.2 Å². The highest BCUT2D eigenvalue weighted by atomic mass is 16.7. The third kappa shape index (κ3) is 8.83. The number of rotatable bonds is 16. The summed E-state index contributed by atoms with van der Waals surface area (Å²) in [4.78, 5) is 63.8. The van der Waals surface area contributed by atoms with Gasteiger partial charge in [0.15, 0.2) is 0 Å². The van der Waals surface area contributed by atoms with E-state index in [1.165, 1.54) is 18.4 Å². The van der Waals surface area contributed by atoms with Crippen molar-refractivity contribution in [2.75, 3.05) is 66.5 Å². The highest BCUT2D eigenvalue weighted by Gasteiger charge is 2.57. The second-order valence-corrected chi connectivity index (χ2v) is 16.5. The lowest BCUT2D eigenvalue weighted by atomic mass is 9.45. The number of hydrogen-bond donors (Lipinski definition) is 5. The van der Waals surface area contributed by atoms with E-state index in [2.05, 4.69) is 36.7 Å². The first-order valence-electron chi connectivity index (χ1n) is 19.2. The molecule has 1 aliphatic heterocycles. The second kappa shape index (κ2) is 17.4. The zero-order valence-electron chi connectivity index (χ0n) is 33.7. The van der Waals surface area contributed by atoms with E-state index in [0.29, 0.717) is 39.8 Å². The van der Waals surface area contributed by atoms with Crippen molar-refractivity contribution in [3.63, 3.8) is 0 Å². The van der Waals surface area contributed by atoms with Crippen molar-refractivity contribution in [3.8, 4) is 16.9 Å². The summed E-state index contributed by atoms with van der Waals surface area (Å²) < 4.78 is 6.02. The molecule has 2 bridgehead atoms. The van der Waals surface area contributed by atoms with Crippen LogP contribution in [0.4, 0.5) is 5.69 Å². The lowest BCUT2D eigenvalue weighted by molar-refractivity contribution is -0.183. The van der Waals surface area contributed by atoms with Gasteiger partial charge in [-0.3, -0.25) is 24.0 Å². The number of anilines is 1. The number of aliphatic hydroxyl groups is 2. The van der Waals surface area contributed by atoms with Crippen LogP contribution in [0.15, 0.2) is 36.4 Å². The number of aliphatic hydroxyl groups excluding tert-OH is 2. The average molecular weight is 765 g/mol. The Morgan fingerprint density at radius 1 is 1.07 bits per heavy atom. The molecular formula is C41H60N6O8. The number of carbonyl (C=O) groups excluding carboxylic acids is 4. The number of methoxy groups -OCH3 is 1. The maximum atomic E-state index is 14.2. The molecule has 55 heavy (non-hydrogen) atoms. The van der Waals surface area contributed by atoms with Gasteiger partial charge in [0, 0.05) is 55.6 Å². The fourth-order valence-corrected chi connectivity index (χ4v) is 8.96. The fourth-order valence-electron chi connectivity index (χ4n) is 8.96. The van der Waals surface area contributed by atoms with Crippen molar-refractivity contribution in [2.24, 2.45) is 29.1 Å². The van der Waals surface area contributed by atoms with E-state index in [1.807, 2.05) is 43.3 Å². The number of nitrogens with one attached hydrogen (secondary N) is 3. The van der Waals surface area contributed by atoms with Crippen LogP contribution in [0.3, 0.4) is 0 Å². The number of likely N-dealkylation sites (N-methyl/N-ethyl adjacent to an activating group) is 1. The van der Waals surface area contributed by atoms with Gasteiger partial charge in [-0.2, -0.15) is 5.06 Å². The quantitative estimate of drug-likeness (QED) is 0.170. The monoisotopic (exact) mass is 764 g/mol. The van der Waals surface area contributed by atoms with E-state index in [0.717, 1.165) is 12.1 Å². The highest BCUT2D eigenvalue weighted by molar-refractivity contribution is 6.00. The molecule has 2 aromatic carbocycles. The van der Waals surface area contributed by atoms with E-state index in [4.69, 9.17) is 9.57 Å². The van der Waals surface area contributed by atoms with Gasteiger partial charge in [-0.05, 0) is 80.8 Å². The Hall–Kier alpha value is -4.08. The minimum atomic E-state index is -0.974. The molecule has 4 aliphatic rings. The molecule has 6 rings (SSSR count). The number of amides is 3. The Kier molecular flexibility index (Phi) is 13.3. The Morgan fingerprint density at radius 3 is 2.38 bits per heavy atom. The summed E-state index contributed by atoms with van der Waals surface area (Å²) >= 11 is 0. The number of hydroxylamine groups is 2. The summed E-state index contributed by atoms with van der Waals surface area (Å²) in [5.74, 6) is -0.458. The van der Waals surface area contributed by atoms with Crippen LogP contribution < -0.4 is 25.6 Å². The standard InChI is InChI=1S/C41H60N6O8/c1-23-31-18-28(41(31,3)4)19-32(23)43-40(53)36-35(24(2)50)34(22-49)55-47(36)20-25-11-10-12-30(37(25)54-9)26-15-27(17-29(16-26)46(7)8)38(51)44-33(21-45(5)6)39(52)42-13-14-48/h10-12,15-17,23,28,31-36,48-49H,13-14,18-22H2,1-9H3,(H,42,52)(H,43,53)(H,44,51)/t23-,28+,31-,32-,33+,34-,35+,36-/m0/s1. The molecule has 5 N–H and O–H groups in total. The molecule has 3 aliphatic carbocycles. The van der Waals surface area contributed by atoms with Crippen LogP contribution in [-0.2, 0) is 25.8 Å². The summed E-state index contributed by atoms with van der Waals surface area (Å²) in [5, 5.41) is 29.8. The van der Waals surface area contributed by atoms with Crippen molar-refractivity contribution in [3.05, 3.63) is 47.5 Å². The lowest BCUT2D eigenvalue weighted by Gasteiger charge is -2.62. The van der Waals surface area contributed by atoms with Crippen molar-refractivity contribution in [1.29, 1.82) is 0 Å². The van der Waals surface area contributed by atoms with Crippen LogP contribution in [0.1, 0.15) is 56.5 Å². The number of fused-ring (bicyclic) bond motifs is 2. The van der Waals surface area contributed by atoms with Gasteiger partial charge in [0.2, 0.25) is 11.8 Å². The zero-order chi connectivity index (χ0) is 40.4. The largest absolute Gasteiger partial charge is 0.496 e. The molecule has 14 heteroatoms. The molecule has 3 amide bonds. The van der Waals surface area contributed by atoms with Gasteiger partial charge < -0.3 is 40.7 Å².